The largest absolute Gasteiger partial charge is 0.296 e. The van der Waals surface area contributed by atoms with Crippen molar-refractivity contribution >= 4 is 11.6 Å². The first kappa shape index (κ1) is 13.3. The molecule has 0 saturated carbocycles. The molecule has 0 aliphatic carbocycles. The summed E-state index contributed by atoms with van der Waals surface area (Å²) >= 11 is 5.87. The second kappa shape index (κ2) is 6.14. The number of hydrogen-bond donors (Lipinski definition) is 0. The molecule has 1 heterocycles. The topological polar surface area (TPSA) is 30.3 Å². The van der Waals surface area contributed by atoms with Gasteiger partial charge in [0.2, 0.25) is 0 Å². The van der Waals surface area contributed by atoms with Crippen LogP contribution in [0.2, 0.25) is 5.02 Å². The second-order valence-electron chi connectivity index (χ2n) is 4.45. The first-order valence-electron chi connectivity index (χ1n) is 5.94. The van der Waals surface area contributed by atoms with E-state index < -0.39 is 0 Å². The lowest BCUT2D eigenvalue weighted by Gasteiger charge is -2.33. The summed E-state index contributed by atoms with van der Waals surface area (Å²) in [6, 6.07) is 6.79. The smallest absolute Gasteiger partial charge is 0.127 e. The summed E-state index contributed by atoms with van der Waals surface area (Å²) in [7, 11) is 0. The van der Waals surface area contributed by atoms with E-state index in [0.29, 0.717) is 23.7 Å². The molecule has 1 aromatic rings. The van der Waals surface area contributed by atoms with Gasteiger partial charge in [0.1, 0.15) is 5.82 Å². The third-order valence-corrected chi connectivity index (χ3v) is 3.40. The maximum absolute atomic E-state index is 13.6. The Morgan fingerprint density at radius 2 is 1.89 bits per heavy atom. The standard InChI is InChI=1S/C13H15ClFN3/c14-12-1-2-13(15)11(9-12)10-18-7-5-17(4-3-16)6-8-18/h1-2,9H,4-8,10H2. The summed E-state index contributed by atoms with van der Waals surface area (Å²) in [5.74, 6) is -0.209. The highest BCUT2D eigenvalue weighted by Gasteiger charge is 2.17. The van der Waals surface area contributed by atoms with Gasteiger partial charge in [-0.05, 0) is 18.2 Å². The Labute approximate surface area is 111 Å². The van der Waals surface area contributed by atoms with Gasteiger partial charge in [0.25, 0.3) is 0 Å². The molecule has 96 valence electrons. The van der Waals surface area contributed by atoms with Crippen LogP contribution >= 0.6 is 11.6 Å². The Morgan fingerprint density at radius 1 is 1.22 bits per heavy atom. The first-order chi connectivity index (χ1) is 8.69. The van der Waals surface area contributed by atoms with E-state index in [1.54, 1.807) is 12.1 Å². The lowest BCUT2D eigenvalue weighted by atomic mass is 10.2. The summed E-state index contributed by atoms with van der Waals surface area (Å²) in [6.07, 6.45) is 0. The van der Waals surface area contributed by atoms with Gasteiger partial charge in [-0.1, -0.05) is 11.6 Å². The maximum atomic E-state index is 13.6. The molecule has 1 aliphatic rings. The van der Waals surface area contributed by atoms with Gasteiger partial charge in [0.15, 0.2) is 0 Å². The molecule has 1 fully saturated rings. The van der Waals surface area contributed by atoms with Gasteiger partial charge in [-0.3, -0.25) is 9.80 Å². The van der Waals surface area contributed by atoms with Gasteiger partial charge in [-0.25, -0.2) is 4.39 Å². The zero-order valence-electron chi connectivity index (χ0n) is 10.1. The van der Waals surface area contributed by atoms with Crippen LogP contribution in [0.15, 0.2) is 18.2 Å². The fourth-order valence-electron chi connectivity index (χ4n) is 2.11. The van der Waals surface area contributed by atoms with Crippen molar-refractivity contribution in [2.24, 2.45) is 0 Å². The molecule has 0 unspecified atom stereocenters. The molecule has 0 spiro atoms. The number of hydrogen-bond acceptors (Lipinski definition) is 3. The van der Waals surface area contributed by atoms with E-state index in [9.17, 15) is 4.39 Å². The van der Waals surface area contributed by atoms with Gasteiger partial charge in [0.05, 0.1) is 12.6 Å². The summed E-state index contributed by atoms with van der Waals surface area (Å²) < 4.78 is 13.6. The molecule has 18 heavy (non-hydrogen) atoms. The minimum Gasteiger partial charge on any atom is -0.296 e. The van der Waals surface area contributed by atoms with Crippen molar-refractivity contribution in [3.63, 3.8) is 0 Å². The van der Waals surface area contributed by atoms with Crippen molar-refractivity contribution in [2.45, 2.75) is 6.54 Å². The Hall–Kier alpha value is -1.15. The predicted octanol–water partition coefficient (Wildman–Crippen LogP) is 2.12. The van der Waals surface area contributed by atoms with Crippen LogP contribution in [0.5, 0.6) is 0 Å². The van der Waals surface area contributed by atoms with Crippen LogP contribution < -0.4 is 0 Å². The van der Waals surface area contributed by atoms with Crippen molar-refractivity contribution in [3.8, 4) is 6.07 Å². The molecule has 1 aliphatic heterocycles. The van der Waals surface area contributed by atoms with Crippen LogP contribution in [-0.2, 0) is 6.54 Å². The zero-order valence-corrected chi connectivity index (χ0v) is 10.8. The molecule has 3 nitrogen and oxygen atoms in total. The summed E-state index contributed by atoms with van der Waals surface area (Å²) in [5.41, 5.74) is 0.635. The van der Waals surface area contributed by atoms with E-state index in [0.717, 1.165) is 26.2 Å². The highest BCUT2D eigenvalue weighted by molar-refractivity contribution is 6.30. The average Bonchev–Trinajstić information content (AvgIpc) is 2.37. The minimum absolute atomic E-state index is 0.209. The van der Waals surface area contributed by atoms with Crippen LogP contribution in [0.1, 0.15) is 5.56 Å². The monoisotopic (exact) mass is 267 g/mol. The van der Waals surface area contributed by atoms with E-state index in [-0.39, 0.29) is 5.82 Å². The lowest BCUT2D eigenvalue weighted by Crippen LogP contribution is -2.45. The van der Waals surface area contributed by atoms with E-state index in [1.807, 2.05) is 0 Å². The molecule has 1 saturated heterocycles. The third-order valence-electron chi connectivity index (χ3n) is 3.16. The van der Waals surface area contributed by atoms with Crippen molar-refractivity contribution in [3.05, 3.63) is 34.6 Å². The highest BCUT2D eigenvalue weighted by Crippen LogP contribution is 2.17. The molecule has 0 bridgehead atoms. The molecular weight excluding hydrogens is 253 g/mol. The van der Waals surface area contributed by atoms with E-state index in [4.69, 9.17) is 16.9 Å². The fraction of sp³-hybridized carbons (Fsp3) is 0.462. The Kier molecular flexibility index (Phi) is 4.54. The Bertz CT molecular complexity index is 450. The van der Waals surface area contributed by atoms with E-state index in [1.165, 1.54) is 6.07 Å². The summed E-state index contributed by atoms with van der Waals surface area (Å²) in [4.78, 5) is 4.29. The van der Waals surface area contributed by atoms with Crippen molar-refractivity contribution in [1.29, 1.82) is 5.26 Å². The van der Waals surface area contributed by atoms with Crippen LogP contribution in [0.3, 0.4) is 0 Å². The molecule has 0 radical (unpaired) electrons. The Morgan fingerprint density at radius 3 is 2.56 bits per heavy atom. The summed E-state index contributed by atoms with van der Waals surface area (Å²) in [5, 5.41) is 9.18. The third kappa shape index (κ3) is 3.42. The van der Waals surface area contributed by atoms with E-state index in [2.05, 4.69) is 15.9 Å². The van der Waals surface area contributed by atoms with Crippen LogP contribution in [-0.4, -0.2) is 42.5 Å². The zero-order chi connectivity index (χ0) is 13.0. The second-order valence-corrected chi connectivity index (χ2v) is 4.88. The van der Waals surface area contributed by atoms with Gasteiger partial charge >= 0.3 is 0 Å². The number of rotatable bonds is 3. The van der Waals surface area contributed by atoms with Gasteiger partial charge in [-0.15, -0.1) is 0 Å². The van der Waals surface area contributed by atoms with Crippen molar-refractivity contribution in [2.75, 3.05) is 32.7 Å². The molecular formula is C13H15ClFN3. The maximum Gasteiger partial charge on any atom is 0.127 e. The van der Waals surface area contributed by atoms with Gasteiger partial charge in [0, 0.05) is 43.3 Å². The normalized spacial score (nSPS) is 17.6. The molecule has 1 aromatic carbocycles. The average molecular weight is 268 g/mol. The molecule has 2 rings (SSSR count). The number of nitriles is 1. The van der Waals surface area contributed by atoms with Crippen molar-refractivity contribution in [1.82, 2.24) is 9.80 Å². The quantitative estimate of drug-likeness (QED) is 0.786. The van der Waals surface area contributed by atoms with Crippen molar-refractivity contribution < 1.29 is 4.39 Å². The first-order valence-corrected chi connectivity index (χ1v) is 6.32. The highest BCUT2D eigenvalue weighted by atomic mass is 35.5. The fourth-order valence-corrected chi connectivity index (χ4v) is 2.31. The van der Waals surface area contributed by atoms with Crippen LogP contribution in [0.25, 0.3) is 0 Å². The van der Waals surface area contributed by atoms with Crippen LogP contribution in [0.4, 0.5) is 4.39 Å². The predicted molar refractivity (Wildman–Crippen MR) is 68.7 cm³/mol. The Balaban J connectivity index is 1.92. The number of halogens is 2. The van der Waals surface area contributed by atoms with Gasteiger partial charge in [-0.2, -0.15) is 5.26 Å². The SMILES string of the molecule is N#CCN1CCN(Cc2cc(Cl)ccc2F)CC1. The summed E-state index contributed by atoms with van der Waals surface area (Å²) in [6.45, 7) is 4.47. The van der Waals surface area contributed by atoms with Gasteiger partial charge < -0.3 is 0 Å². The molecule has 0 aromatic heterocycles. The minimum atomic E-state index is -0.209. The molecule has 5 heteroatoms. The number of nitrogens with zero attached hydrogens (tertiary/aromatic N) is 3. The molecule has 0 N–H and O–H groups in total. The lowest BCUT2D eigenvalue weighted by molar-refractivity contribution is 0.137. The molecule has 0 amide bonds. The van der Waals surface area contributed by atoms with E-state index >= 15 is 0 Å². The number of benzene rings is 1. The van der Waals surface area contributed by atoms with Crippen LogP contribution in [0, 0.1) is 17.1 Å². The molecule has 0 atom stereocenters. The number of piperazine rings is 1.